The third kappa shape index (κ3) is 5.39. The monoisotopic (exact) mass is 395 g/mol. The van der Waals surface area contributed by atoms with Crippen LogP contribution in [0.4, 0.5) is 0 Å². The van der Waals surface area contributed by atoms with Crippen molar-refractivity contribution in [1.82, 2.24) is 10.6 Å². The first kappa shape index (κ1) is 18.0. The number of nitrogens with zero attached hydrogens (tertiary/aromatic N) is 1. The third-order valence-electron chi connectivity index (χ3n) is 4.54. The Morgan fingerprint density at radius 1 is 1.10 bits per heavy atom. The Morgan fingerprint density at radius 3 is 2.35 bits per heavy atom. The van der Waals surface area contributed by atoms with Gasteiger partial charge in [0.1, 0.15) is 0 Å². The maximum Gasteiger partial charge on any atom is 0.191 e. The highest BCUT2D eigenvalue weighted by Crippen LogP contribution is 2.25. The van der Waals surface area contributed by atoms with Crippen molar-refractivity contribution in [1.29, 1.82) is 0 Å². The maximum atomic E-state index is 9.56. The van der Waals surface area contributed by atoms with Crippen molar-refractivity contribution < 1.29 is 5.11 Å². The second kappa shape index (κ2) is 9.07. The summed E-state index contributed by atoms with van der Waals surface area (Å²) in [5.41, 5.74) is 0. The van der Waals surface area contributed by atoms with Crippen LogP contribution >= 0.6 is 24.0 Å². The van der Waals surface area contributed by atoms with Gasteiger partial charge in [0.25, 0.3) is 0 Å². The van der Waals surface area contributed by atoms with E-state index in [2.05, 4.69) is 29.5 Å². The van der Waals surface area contributed by atoms with Crippen LogP contribution in [-0.2, 0) is 0 Å². The van der Waals surface area contributed by atoms with Crippen molar-refractivity contribution in [3.8, 4) is 0 Å². The summed E-state index contributed by atoms with van der Waals surface area (Å²) in [5, 5.41) is 16.7. The quantitative estimate of drug-likeness (QED) is 0.391. The molecular formula is C15H30IN3O. The van der Waals surface area contributed by atoms with Crippen molar-refractivity contribution >= 4 is 29.9 Å². The Labute approximate surface area is 140 Å². The molecule has 0 bridgehead atoms. The normalized spacial score (nSPS) is 34.5. The molecule has 0 spiro atoms. The molecule has 2 atom stereocenters. The SMILES string of the molecule is CCN=C(NC1CCC(O)CC1)NC1CCCC1C.I. The van der Waals surface area contributed by atoms with Gasteiger partial charge < -0.3 is 15.7 Å². The molecule has 118 valence electrons. The lowest BCUT2D eigenvalue weighted by molar-refractivity contribution is 0.120. The van der Waals surface area contributed by atoms with Crippen LogP contribution in [0.5, 0.6) is 0 Å². The average Bonchev–Trinajstić information content (AvgIpc) is 2.78. The van der Waals surface area contributed by atoms with Crippen molar-refractivity contribution in [3.05, 3.63) is 0 Å². The number of rotatable bonds is 3. The Morgan fingerprint density at radius 2 is 1.80 bits per heavy atom. The zero-order valence-electron chi connectivity index (χ0n) is 12.8. The van der Waals surface area contributed by atoms with Gasteiger partial charge in [-0.3, -0.25) is 4.99 Å². The molecule has 2 unspecified atom stereocenters. The van der Waals surface area contributed by atoms with E-state index in [4.69, 9.17) is 0 Å². The summed E-state index contributed by atoms with van der Waals surface area (Å²) >= 11 is 0. The Kier molecular flexibility index (Phi) is 8.17. The molecule has 20 heavy (non-hydrogen) atoms. The van der Waals surface area contributed by atoms with Crippen LogP contribution in [-0.4, -0.2) is 35.8 Å². The van der Waals surface area contributed by atoms with Crippen molar-refractivity contribution in [2.24, 2.45) is 10.9 Å². The minimum Gasteiger partial charge on any atom is -0.393 e. The molecule has 0 aromatic carbocycles. The maximum absolute atomic E-state index is 9.56. The fraction of sp³-hybridized carbons (Fsp3) is 0.933. The van der Waals surface area contributed by atoms with E-state index in [-0.39, 0.29) is 30.1 Å². The summed E-state index contributed by atoms with van der Waals surface area (Å²) in [6.45, 7) is 5.21. The van der Waals surface area contributed by atoms with Gasteiger partial charge >= 0.3 is 0 Å². The molecule has 5 heteroatoms. The minimum absolute atomic E-state index is 0. The Bertz CT molecular complexity index is 303. The first-order valence-corrected chi connectivity index (χ1v) is 7.94. The van der Waals surface area contributed by atoms with Gasteiger partial charge in [-0.1, -0.05) is 13.3 Å². The number of nitrogens with one attached hydrogen (secondary N) is 2. The molecule has 2 aliphatic carbocycles. The van der Waals surface area contributed by atoms with Crippen LogP contribution in [0.3, 0.4) is 0 Å². The van der Waals surface area contributed by atoms with Gasteiger partial charge in [-0.15, -0.1) is 24.0 Å². The second-order valence-corrected chi connectivity index (χ2v) is 6.13. The number of aliphatic hydroxyl groups excluding tert-OH is 1. The van der Waals surface area contributed by atoms with Gasteiger partial charge in [-0.2, -0.15) is 0 Å². The van der Waals surface area contributed by atoms with Crippen molar-refractivity contribution in [3.63, 3.8) is 0 Å². The fourth-order valence-corrected chi connectivity index (χ4v) is 3.24. The van der Waals surface area contributed by atoms with Gasteiger partial charge in [0, 0.05) is 18.6 Å². The molecule has 2 saturated carbocycles. The molecule has 4 nitrogen and oxygen atoms in total. The van der Waals surface area contributed by atoms with Crippen LogP contribution in [0.25, 0.3) is 0 Å². The summed E-state index contributed by atoms with van der Waals surface area (Å²) in [5.74, 6) is 1.72. The highest BCUT2D eigenvalue weighted by Gasteiger charge is 2.25. The highest BCUT2D eigenvalue weighted by atomic mass is 127. The topological polar surface area (TPSA) is 56.7 Å². The first-order chi connectivity index (χ1) is 9.19. The molecule has 2 fully saturated rings. The average molecular weight is 395 g/mol. The van der Waals surface area contributed by atoms with E-state index in [0.29, 0.717) is 12.1 Å². The summed E-state index contributed by atoms with van der Waals surface area (Å²) in [7, 11) is 0. The largest absolute Gasteiger partial charge is 0.393 e. The molecule has 0 radical (unpaired) electrons. The zero-order chi connectivity index (χ0) is 13.7. The molecule has 2 rings (SSSR count). The van der Waals surface area contributed by atoms with Crippen LogP contribution in [0, 0.1) is 5.92 Å². The molecule has 0 aromatic rings. The third-order valence-corrected chi connectivity index (χ3v) is 4.54. The molecule has 0 aromatic heterocycles. The van der Waals surface area contributed by atoms with Crippen LogP contribution in [0.15, 0.2) is 4.99 Å². The predicted molar refractivity (Wildman–Crippen MR) is 94.7 cm³/mol. The van der Waals surface area contributed by atoms with Gasteiger partial charge in [0.05, 0.1) is 6.10 Å². The lowest BCUT2D eigenvalue weighted by Crippen LogP contribution is -2.49. The number of halogens is 1. The second-order valence-electron chi connectivity index (χ2n) is 6.13. The van der Waals surface area contributed by atoms with E-state index in [0.717, 1.165) is 44.1 Å². The number of hydrogen-bond donors (Lipinski definition) is 3. The zero-order valence-corrected chi connectivity index (χ0v) is 15.1. The minimum atomic E-state index is -0.0903. The summed E-state index contributed by atoms with van der Waals surface area (Å²) < 4.78 is 0. The molecule has 2 aliphatic rings. The lowest BCUT2D eigenvalue weighted by Gasteiger charge is -2.29. The number of hydrogen-bond acceptors (Lipinski definition) is 2. The lowest BCUT2D eigenvalue weighted by atomic mass is 9.93. The molecular weight excluding hydrogens is 365 g/mol. The Hall–Kier alpha value is -0.0400. The van der Waals surface area contributed by atoms with Crippen LogP contribution in [0.2, 0.25) is 0 Å². The van der Waals surface area contributed by atoms with E-state index in [1.807, 2.05) is 0 Å². The number of guanidine groups is 1. The van der Waals surface area contributed by atoms with E-state index in [1.165, 1.54) is 19.3 Å². The molecule has 0 heterocycles. The molecule has 3 N–H and O–H groups in total. The predicted octanol–water partition coefficient (Wildman–Crippen LogP) is 2.65. The highest BCUT2D eigenvalue weighted by molar-refractivity contribution is 14.0. The van der Waals surface area contributed by atoms with Crippen LogP contribution in [0.1, 0.15) is 58.8 Å². The molecule has 0 amide bonds. The summed E-state index contributed by atoms with van der Waals surface area (Å²) in [4.78, 5) is 4.57. The van der Waals surface area contributed by atoms with E-state index in [9.17, 15) is 5.11 Å². The molecule has 0 saturated heterocycles. The van der Waals surface area contributed by atoms with Crippen LogP contribution < -0.4 is 10.6 Å². The smallest absolute Gasteiger partial charge is 0.191 e. The molecule has 0 aliphatic heterocycles. The van der Waals surface area contributed by atoms with Gasteiger partial charge in [-0.25, -0.2) is 0 Å². The van der Waals surface area contributed by atoms with Crippen molar-refractivity contribution in [2.75, 3.05) is 6.54 Å². The fourth-order valence-electron chi connectivity index (χ4n) is 3.24. The van der Waals surface area contributed by atoms with Crippen molar-refractivity contribution in [2.45, 2.75) is 77.0 Å². The number of aliphatic imine (C=N–C) groups is 1. The van der Waals surface area contributed by atoms with Gasteiger partial charge in [0.15, 0.2) is 5.96 Å². The Balaban J connectivity index is 0.00000200. The van der Waals surface area contributed by atoms with Gasteiger partial charge in [0.2, 0.25) is 0 Å². The van der Waals surface area contributed by atoms with Gasteiger partial charge in [-0.05, 0) is 51.4 Å². The van der Waals surface area contributed by atoms with E-state index < -0.39 is 0 Å². The first-order valence-electron chi connectivity index (χ1n) is 7.94. The number of aliphatic hydroxyl groups is 1. The summed E-state index contributed by atoms with van der Waals surface area (Å²) in [6, 6.07) is 1.05. The standard InChI is InChI=1S/C15H29N3O.HI/c1-3-16-15(18-14-6-4-5-11(14)2)17-12-7-9-13(19)10-8-12;/h11-14,19H,3-10H2,1-2H3,(H2,16,17,18);1H. The van der Waals surface area contributed by atoms with E-state index in [1.54, 1.807) is 0 Å². The van der Waals surface area contributed by atoms with E-state index >= 15 is 0 Å². The summed E-state index contributed by atoms with van der Waals surface area (Å²) in [6.07, 6.45) is 7.74.